The number of hydrogen-bond acceptors (Lipinski definition) is 7. The average Bonchev–Trinajstić information content (AvgIpc) is 2.92. The van der Waals surface area contributed by atoms with Gasteiger partial charge in [-0.25, -0.2) is 13.2 Å². The Balaban J connectivity index is 1.39. The number of piperidine rings is 1. The third kappa shape index (κ3) is 6.49. The molecule has 2 aromatic carbocycles. The maximum atomic E-state index is 13.9. The van der Waals surface area contributed by atoms with Crippen LogP contribution in [0.15, 0.2) is 41.4 Å². The molecule has 11 heteroatoms. The van der Waals surface area contributed by atoms with Gasteiger partial charge >= 0.3 is 5.97 Å². The van der Waals surface area contributed by atoms with E-state index in [0.29, 0.717) is 78.1 Å². The second-order valence-corrected chi connectivity index (χ2v) is 10.9. The summed E-state index contributed by atoms with van der Waals surface area (Å²) in [6, 6.07) is 6.56. The molecule has 1 aliphatic heterocycles. The fraction of sp³-hybridized carbons (Fsp3) is 0.429. The van der Waals surface area contributed by atoms with Crippen LogP contribution in [0.5, 0.6) is 5.75 Å². The van der Waals surface area contributed by atoms with Crippen molar-refractivity contribution in [1.82, 2.24) is 9.88 Å². The Morgan fingerprint density at radius 1 is 1.18 bits per heavy atom. The number of carbonyl (C=O) groups is 1. The Morgan fingerprint density at radius 2 is 1.87 bits per heavy atom. The largest absolute Gasteiger partial charge is 0.497 e. The van der Waals surface area contributed by atoms with E-state index in [1.165, 1.54) is 13.3 Å². The lowest BCUT2D eigenvalue weighted by Gasteiger charge is -2.39. The molecular formula is C28H31F3N2O5S. The zero-order chi connectivity index (χ0) is 28.2. The number of benzene rings is 2. The maximum Gasteiger partial charge on any atom is 0.309 e. The molecule has 0 amide bonds. The van der Waals surface area contributed by atoms with Crippen molar-refractivity contribution in [1.29, 1.82) is 0 Å². The van der Waals surface area contributed by atoms with Crippen molar-refractivity contribution in [3.63, 3.8) is 0 Å². The first kappa shape index (κ1) is 29.1. The molecule has 1 aromatic heterocycles. The Hall–Kier alpha value is -2.86. The minimum atomic E-state index is -1.03. The van der Waals surface area contributed by atoms with Crippen LogP contribution < -0.4 is 4.74 Å². The number of thioether (sulfide) groups is 1. The first-order chi connectivity index (χ1) is 18.7. The molecule has 1 aliphatic rings. The summed E-state index contributed by atoms with van der Waals surface area (Å²) in [6.07, 6.45) is 1.62. The normalized spacial score (nSPS) is 16.4. The van der Waals surface area contributed by atoms with Gasteiger partial charge in [0.2, 0.25) is 0 Å². The summed E-state index contributed by atoms with van der Waals surface area (Å²) < 4.78 is 46.2. The van der Waals surface area contributed by atoms with E-state index in [2.05, 4.69) is 4.98 Å². The second kappa shape index (κ2) is 12.5. The van der Waals surface area contributed by atoms with E-state index in [4.69, 9.17) is 4.74 Å². The van der Waals surface area contributed by atoms with Gasteiger partial charge in [0.15, 0.2) is 0 Å². The zero-order valence-corrected chi connectivity index (χ0v) is 22.3. The van der Waals surface area contributed by atoms with Crippen LogP contribution in [0.25, 0.3) is 10.9 Å². The number of fused-ring (bicyclic) bond motifs is 1. The first-order valence-corrected chi connectivity index (χ1v) is 13.6. The van der Waals surface area contributed by atoms with Crippen LogP contribution in [-0.4, -0.2) is 63.7 Å². The van der Waals surface area contributed by atoms with Gasteiger partial charge in [-0.05, 0) is 62.5 Å². The van der Waals surface area contributed by atoms with Crippen LogP contribution >= 0.6 is 11.8 Å². The highest BCUT2D eigenvalue weighted by molar-refractivity contribution is 7.99. The topological polar surface area (TPSA) is 103 Å². The number of aromatic nitrogens is 1. The van der Waals surface area contributed by atoms with Crippen molar-refractivity contribution in [2.24, 2.45) is 5.41 Å². The first-order valence-electron chi connectivity index (χ1n) is 12.6. The van der Waals surface area contributed by atoms with Crippen molar-refractivity contribution in [3.05, 3.63) is 65.1 Å². The number of hydrogen-bond donors (Lipinski definition) is 3. The van der Waals surface area contributed by atoms with Crippen LogP contribution in [0.3, 0.4) is 0 Å². The molecule has 7 nitrogen and oxygen atoms in total. The van der Waals surface area contributed by atoms with Crippen molar-refractivity contribution in [2.45, 2.75) is 43.3 Å². The number of aliphatic carboxylic acids is 1. The lowest BCUT2D eigenvalue weighted by Crippen LogP contribution is -2.45. The molecule has 0 spiro atoms. The SMILES string of the molecule is COc1ccc2ncc(CO)c([C@@H](O)CCC3(C(=O)O)CCN(CCSc4c(F)cc(F)cc4F)CC3)c2c1. The number of carboxylic acids is 1. The third-order valence-electron chi connectivity index (χ3n) is 7.48. The predicted molar refractivity (Wildman–Crippen MR) is 141 cm³/mol. The number of pyridine rings is 1. The molecule has 0 bridgehead atoms. The monoisotopic (exact) mass is 564 g/mol. The van der Waals surface area contributed by atoms with Gasteiger partial charge in [-0.1, -0.05) is 0 Å². The molecule has 4 rings (SSSR count). The summed E-state index contributed by atoms with van der Waals surface area (Å²) >= 11 is 0.959. The summed E-state index contributed by atoms with van der Waals surface area (Å²) in [6.45, 7) is 1.13. The summed E-state index contributed by atoms with van der Waals surface area (Å²) in [4.78, 5) is 18.5. The van der Waals surface area contributed by atoms with E-state index in [-0.39, 0.29) is 24.3 Å². The molecule has 3 N–H and O–H groups in total. The second-order valence-electron chi connectivity index (χ2n) is 9.77. The summed E-state index contributed by atoms with van der Waals surface area (Å²) in [5.74, 6) is -2.84. The van der Waals surface area contributed by atoms with Crippen molar-refractivity contribution in [2.75, 3.05) is 32.5 Å². The minimum Gasteiger partial charge on any atom is -0.497 e. The molecule has 0 saturated carbocycles. The zero-order valence-electron chi connectivity index (χ0n) is 21.5. The number of aliphatic hydroxyl groups excluding tert-OH is 2. The number of nitrogens with zero attached hydrogens (tertiary/aromatic N) is 2. The highest BCUT2D eigenvalue weighted by atomic mass is 32.2. The fourth-order valence-corrected chi connectivity index (χ4v) is 6.10. The van der Waals surface area contributed by atoms with Crippen LogP contribution in [0.4, 0.5) is 13.2 Å². The summed E-state index contributed by atoms with van der Waals surface area (Å²) in [5, 5.41) is 31.8. The smallest absolute Gasteiger partial charge is 0.309 e. The number of rotatable bonds is 11. The molecule has 2 heterocycles. The molecule has 210 valence electrons. The number of methoxy groups -OCH3 is 1. The Bertz CT molecular complexity index is 1310. The molecular weight excluding hydrogens is 533 g/mol. The van der Waals surface area contributed by atoms with E-state index in [0.717, 1.165) is 11.8 Å². The van der Waals surface area contributed by atoms with E-state index in [9.17, 15) is 33.3 Å². The summed E-state index contributed by atoms with van der Waals surface area (Å²) in [5.41, 5.74) is 0.576. The van der Waals surface area contributed by atoms with Crippen molar-refractivity contribution < 1.29 is 38.0 Å². The van der Waals surface area contributed by atoms with Gasteiger partial charge in [0.25, 0.3) is 0 Å². The highest BCUT2D eigenvalue weighted by Crippen LogP contribution is 2.40. The lowest BCUT2D eigenvalue weighted by molar-refractivity contribution is -0.153. The average molecular weight is 565 g/mol. The Morgan fingerprint density at radius 3 is 2.49 bits per heavy atom. The van der Waals surface area contributed by atoms with Crippen molar-refractivity contribution in [3.8, 4) is 5.75 Å². The number of aliphatic hydroxyl groups is 2. The molecule has 0 unspecified atom stereocenters. The molecule has 1 fully saturated rings. The molecule has 0 radical (unpaired) electrons. The summed E-state index contributed by atoms with van der Waals surface area (Å²) in [7, 11) is 1.53. The third-order valence-corrected chi connectivity index (χ3v) is 8.55. The minimum absolute atomic E-state index is 0.175. The van der Waals surface area contributed by atoms with Gasteiger partial charge < -0.3 is 25.0 Å². The molecule has 0 aliphatic carbocycles. The lowest BCUT2D eigenvalue weighted by atomic mass is 9.74. The highest BCUT2D eigenvalue weighted by Gasteiger charge is 2.41. The number of carboxylic acid groups (broad SMARTS) is 1. The van der Waals surface area contributed by atoms with Crippen molar-refractivity contribution >= 4 is 28.6 Å². The quantitative estimate of drug-likeness (QED) is 0.282. The molecule has 39 heavy (non-hydrogen) atoms. The van der Waals surface area contributed by atoms with Crippen LogP contribution in [0, 0.1) is 22.9 Å². The maximum absolute atomic E-state index is 13.9. The van der Waals surface area contributed by atoms with Gasteiger partial charge in [0.1, 0.15) is 23.2 Å². The van der Waals surface area contributed by atoms with Gasteiger partial charge in [-0.3, -0.25) is 9.78 Å². The Labute approximate surface area is 228 Å². The van der Waals surface area contributed by atoms with E-state index in [1.54, 1.807) is 18.2 Å². The number of likely N-dealkylation sites (tertiary alicyclic amines) is 1. The predicted octanol–water partition coefficient (Wildman–Crippen LogP) is 4.93. The van der Waals surface area contributed by atoms with Crippen LogP contribution in [-0.2, 0) is 11.4 Å². The molecule has 1 atom stereocenters. The fourth-order valence-electron chi connectivity index (χ4n) is 5.16. The Kier molecular flexibility index (Phi) is 9.37. The van der Waals surface area contributed by atoms with Gasteiger partial charge in [0.05, 0.1) is 35.6 Å². The van der Waals surface area contributed by atoms with Crippen LogP contribution in [0.2, 0.25) is 0 Å². The number of halogens is 3. The van der Waals surface area contributed by atoms with Gasteiger partial charge in [-0.15, -0.1) is 11.8 Å². The molecule has 3 aromatic rings. The standard InChI is InChI=1S/C28H31F3N2O5S/c1-38-19-2-3-23-20(14-19)25(17(16-34)15-32-23)24(35)4-5-28(27(36)37)6-8-33(9-7-28)10-11-39-26-21(30)12-18(29)13-22(26)31/h2-3,12-15,24,34-35H,4-11,16H2,1H3,(H,36,37)/t24-/m0/s1. The van der Waals surface area contributed by atoms with E-state index < -0.39 is 34.9 Å². The molecule has 1 saturated heterocycles. The van der Waals surface area contributed by atoms with Gasteiger partial charge in [-0.2, -0.15) is 0 Å². The van der Waals surface area contributed by atoms with E-state index >= 15 is 0 Å². The van der Waals surface area contributed by atoms with Gasteiger partial charge in [0, 0.05) is 41.6 Å². The number of ether oxygens (including phenoxy) is 1. The van der Waals surface area contributed by atoms with E-state index in [1.807, 2.05) is 4.90 Å². The van der Waals surface area contributed by atoms with Crippen LogP contribution in [0.1, 0.15) is 42.9 Å².